The standard InChI is InChI=1S/C9H9FN2O/c10-7-5-8(11)9(12-6-7)3-1-2-4-13/h1,3-6H,2,11H2. The molecule has 0 spiro atoms. The van der Waals surface area contributed by atoms with Gasteiger partial charge in [0.2, 0.25) is 0 Å². The van der Waals surface area contributed by atoms with Crippen molar-refractivity contribution in [3.8, 4) is 0 Å². The molecule has 0 atom stereocenters. The molecule has 1 aromatic heterocycles. The summed E-state index contributed by atoms with van der Waals surface area (Å²) in [7, 11) is 0. The molecular weight excluding hydrogens is 171 g/mol. The van der Waals surface area contributed by atoms with Crippen molar-refractivity contribution in [1.82, 2.24) is 4.98 Å². The number of nitrogens with two attached hydrogens (primary N) is 1. The first-order valence-electron chi connectivity index (χ1n) is 3.75. The average molecular weight is 180 g/mol. The van der Waals surface area contributed by atoms with Crippen molar-refractivity contribution < 1.29 is 9.18 Å². The van der Waals surface area contributed by atoms with E-state index in [0.29, 0.717) is 12.1 Å². The summed E-state index contributed by atoms with van der Waals surface area (Å²) >= 11 is 0. The van der Waals surface area contributed by atoms with E-state index in [-0.39, 0.29) is 5.69 Å². The van der Waals surface area contributed by atoms with Gasteiger partial charge in [0.15, 0.2) is 0 Å². The number of hydrogen-bond donors (Lipinski definition) is 1. The molecule has 68 valence electrons. The lowest BCUT2D eigenvalue weighted by Gasteiger charge is -1.97. The van der Waals surface area contributed by atoms with Gasteiger partial charge in [0.25, 0.3) is 0 Å². The first kappa shape index (κ1) is 9.38. The highest BCUT2D eigenvalue weighted by Gasteiger charge is 1.97. The summed E-state index contributed by atoms with van der Waals surface area (Å²) in [4.78, 5) is 13.7. The molecule has 0 bridgehead atoms. The first-order valence-corrected chi connectivity index (χ1v) is 3.75. The Balaban J connectivity index is 2.83. The Morgan fingerprint density at radius 1 is 1.62 bits per heavy atom. The Bertz CT molecular complexity index is 336. The van der Waals surface area contributed by atoms with E-state index in [4.69, 9.17) is 5.73 Å². The van der Waals surface area contributed by atoms with Crippen LogP contribution in [0.3, 0.4) is 0 Å². The molecule has 0 aliphatic heterocycles. The minimum Gasteiger partial charge on any atom is -0.397 e. The van der Waals surface area contributed by atoms with Crippen molar-refractivity contribution >= 4 is 18.0 Å². The highest BCUT2D eigenvalue weighted by molar-refractivity contribution is 5.63. The van der Waals surface area contributed by atoms with E-state index in [1.807, 2.05) is 0 Å². The smallest absolute Gasteiger partial charge is 0.143 e. The van der Waals surface area contributed by atoms with E-state index in [2.05, 4.69) is 4.98 Å². The molecule has 0 amide bonds. The highest BCUT2D eigenvalue weighted by atomic mass is 19.1. The number of carbonyl (C=O) groups excluding carboxylic acids is 1. The van der Waals surface area contributed by atoms with Crippen molar-refractivity contribution in [2.45, 2.75) is 6.42 Å². The first-order chi connectivity index (χ1) is 6.24. The Hall–Kier alpha value is -1.71. The fourth-order valence-electron chi connectivity index (χ4n) is 0.840. The second-order valence-electron chi connectivity index (χ2n) is 2.43. The van der Waals surface area contributed by atoms with Gasteiger partial charge in [-0.05, 0) is 6.08 Å². The van der Waals surface area contributed by atoms with Gasteiger partial charge in [-0.15, -0.1) is 0 Å². The van der Waals surface area contributed by atoms with Crippen molar-refractivity contribution in [3.63, 3.8) is 0 Å². The van der Waals surface area contributed by atoms with Crippen molar-refractivity contribution in [2.24, 2.45) is 0 Å². The van der Waals surface area contributed by atoms with Crippen LogP contribution in [0.25, 0.3) is 6.08 Å². The number of nitrogen functional groups attached to an aromatic ring is 1. The molecule has 0 unspecified atom stereocenters. The second kappa shape index (κ2) is 4.35. The maximum absolute atomic E-state index is 12.5. The van der Waals surface area contributed by atoms with Gasteiger partial charge in [-0.2, -0.15) is 0 Å². The minimum absolute atomic E-state index is 0.266. The number of carbonyl (C=O) groups is 1. The molecule has 0 aliphatic rings. The summed E-state index contributed by atoms with van der Waals surface area (Å²) in [6.45, 7) is 0. The number of halogens is 1. The van der Waals surface area contributed by atoms with E-state index < -0.39 is 5.82 Å². The number of anilines is 1. The molecule has 1 heterocycles. The van der Waals surface area contributed by atoms with Crippen molar-refractivity contribution in [2.75, 3.05) is 5.73 Å². The molecule has 0 saturated carbocycles. The fraction of sp³-hybridized carbons (Fsp3) is 0.111. The van der Waals surface area contributed by atoms with Gasteiger partial charge >= 0.3 is 0 Å². The number of allylic oxidation sites excluding steroid dienone is 1. The molecule has 0 aliphatic carbocycles. The predicted octanol–water partition coefficient (Wildman–Crippen LogP) is 1.41. The van der Waals surface area contributed by atoms with Gasteiger partial charge in [-0.3, -0.25) is 4.98 Å². The van der Waals surface area contributed by atoms with Crippen LogP contribution in [-0.2, 0) is 4.79 Å². The van der Waals surface area contributed by atoms with Crippen LogP contribution in [0.15, 0.2) is 18.3 Å². The van der Waals surface area contributed by atoms with Crippen LogP contribution in [0, 0.1) is 5.82 Å². The van der Waals surface area contributed by atoms with Gasteiger partial charge in [0, 0.05) is 12.5 Å². The molecule has 4 heteroatoms. The van der Waals surface area contributed by atoms with E-state index in [0.717, 1.165) is 12.5 Å². The van der Waals surface area contributed by atoms with Crippen LogP contribution in [0.1, 0.15) is 12.1 Å². The Morgan fingerprint density at radius 2 is 2.38 bits per heavy atom. The Kier molecular flexibility index (Phi) is 3.14. The quantitative estimate of drug-likeness (QED) is 0.715. The van der Waals surface area contributed by atoms with Gasteiger partial charge in [0.05, 0.1) is 17.6 Å². The molecule has 3 nitrogen and oxygen atoms in total. The summed E-state index contributed by atoms with van der Waals surface area (Å²) in [6.07, 6.45) is 5.35. The summed E-state index contributed by atoms with van der Waals surface area (Å²) in [6, 6.07) is 1.19. The SMILES string of the molecule is Nc1cc(F)cnc1C=CCC=O. The Labute approximate surface area is 75.1 Å². The maximum Gasteiger partial charge on any atom is 0.143 e. The molecule has 0 radical (unpaired) electrons. The molecule has 0 saturated heterocycles. The van der Waals surface area contributed by atoms with Crippen molar-refractivity contribution in [3.05, 3.63) is 29.9 Å². The number of hydrogen-bond acceptors (Lipinski definition) is 3. The largest absolute Gasteiger partial charge is 0.397 e. The third-order valence-corrected chi connectivity index (χ3v) is 1.42. The van der Waals surface area contributed by atoms with E-state index in [1.54, 1.807) is 12.2 Å². The lowest BCUT2D eigenvalue weighted by Crippen LogP contribution is -1.93. The third-order valence-electron chi connectivity index (χ3n) is 1.42. The number of aldehydes is 1. The van der Waals surface area contributed by atoms with Gasteiger partial charge in [0.1, 0.15) is 12.1 Å². The van der Waals surface area contributed by atoms with Crippen LogP contribution in [-0.4, -0.2) is 11.3 Å². The number of aromatic nitrogens is 1. The van der Waals surface area contributed by atoms with E-state index in [9.17, 15) is 9.18 Å². The van der Waals surface area contributed by atoms with E-state index >= 15 is 0 Å². The van der Waals surface area contributed by atoms with Crippen LogP contribution in [0.2, 0.25) is 0 Å². The zero-order valence-corrected chi connectivity index (χ0v) is 6.90. The van der Waals surface area contributed by atoms with Crippen LogP contribution in [0.4, 0.5) is 10.1 Å². The lowest BCUT2D eigenvalue weighted by atomic mass is 10.2. The van der Waals surface area contributed by atoms with Gasteiger partial charge in [-0.25, -0.2) is 4.39 Å². The molecule has 2 N–H and O–H groups in total. The normalized spacial score (nSPS) is 10.5. The summed E-state index contributed by atoms with van der Waals surface area (Å²) < 4.78 is 12.5. The zero-order chi connectivity index (χ0) is 9.68. The number of pyridine rings is 1. The monoisotopic (exact) mass is 180 g/mol. The topological polar surface area (TPSA) is 56.0 Å². The van der Waals surface area contributed by atoms with E-state index in [1.165, 1.54) is 6.07 Å². The third kappa shape index (κ3) is 2.66. The summed E-state index contributed by atoms with van der Waals surface area (Å²) in [5, 5.41) is 0. The van der Waals surface area contributed by atoms with Crippen LogP contribution in [0.5, 0.6) is 0 Å². The minimum atomic E-state index is -0.468. The number of rotatable bonds is 3. The second-order valence-corrected chi connectivity index (χ2v) is 2.43. The van der Waals surface area contributed by atoms with Gasteiger partial charge < -0.3 is 10.5 Å². The Morgan fingerprint density at radius 3 is 3.00 bits per heavy atom. The maximum atomic E-state index is 12.5. The summed E-state index contributed by atoms with van der Waals surface area (Å²) in [5.74, 6) is -0.468. The summed E-state index contributed by atoms with van der Waals surface area (Å²) in [5.41, 5.74) is 6.20. The molecule has 13 heavy (non-hydrogen) atoms. The molecule has 1 rings (SSSR count). The lowest BCUT2D eigenvalue weighted by molar-refractivity contribution is -0.107. The molecule has 0 fully saturated rings. The van der Waals surface area contributed by atoms with Crippen LogP contribution >= 0.6 is 0 Å². The predicted molar refractivity (Wildman–Crippen MR) is 48.3 cm³/mol. The molecule has 1 aromatic rings. The average Bonchev–Trinajstić information content (AvgIpc) is 2.09. The number of nitrogens with zero attached hydrogens (tertiary/aromatic N) is 1. The zero-order valence-electron chi connectivity index (χ0n) is 6.90. The highest BCUT2D eigenvalue weighted by Crippen LogP contribution is 2.11. The van der Waals surface area contributed by atoms with Crippen molar-refractivity contribution in [1.29, 1.82) is 0 Å². The molecular formula is C9H9FN2O. The fourth-order valence-corrected chi connectivity index (χ4v) is 0.840. The van der Waals surface area contributed by atoms with Crippen LogP contribution < -0.4 is 5.73 Å². The molecule has 0 aromatic carbocycles. The van der Waals surface area contributed by atoms with Gasteiger partial charge in [-0.1, -0.05) is 6.08 Å².